The highest BCUT2D eigenvalue weighted by molar-refractivity contribution is 9.10. The van der Waals surface area contributed by atoms with Crippen LogP contribution in [-0.2, 0) is 4.79 Å². The summed E-state index contributed by atoms with van der Waals surface area (Å²) >= 11 is 3.49. The van der Waals surface area contributed by atoms with E-state index in [2.05, 4.69) is 28.0 Å². The molecule has 3 N–H and O–H groups in total. The van der Waals surface area contributed by atoms with E-state index in [0.29, 0.717) is 13.0 Å². The van der Waals surface area contributed by atoms with Crippen LogP contribution in [0.25, 0.3) is 11.0 Å². The molecule has 1 saturated heterocycles. The predicted molar refractivity (Wildman–Crippen MR) is 123 cm³/mol. The molecule has 160 valence electrons. The zero-order valence-electron chi connectivity index (χ0n) is 17.6. The summed E-state index contributed by atoms with van der Waals surface area (Å²) in [6.07, 6.45) is 0.648. The molecule has 0 unspecified atom stereocenters. The predicted octanol–water partition coefficient (Wildman–Crippen LogP) is 0.416. The molecule has 0 bridgehead atoms. The number of piperazine rings is 1. The Morgan fingerprint density at radius 2 is 1.87 bits per heavy atom. The number of fused-ring (bicyclic) bond motifs is 1. The van der Waals surface area contributed by atoms with Crippen molar-refractivity contribution < 1.29 is 14.6 Å². The van der Waals surface area contributed by atoms with Crippen molar-refractivity contribution in [2.75, 3.05) is 39.8 Å². The number of nitrogens with one attached hydrogen (secondary N) is 3. The van der Waals surface area contributed by atoms with E-state index in [0.717, 1.165) is 58.8 Å². The van der Waals surface area contributed by atoms with Gasteiger partial charge in [-0.3, -0.25) is 4.79 Å². The second-order valence-electron chi connectivity index (χ2n) is 8.53. The van der Waals surface area contributed by atoms with Gasteiger partial charge in [0.05, 0.1) is 23.8 Å². The Kier molecular flexibility index (Phi) is 5.60. The molecule has 1 atom stereocenters. The number of hydrazone groups is 1. The second-order valence-corrected chi connectivity index (χ2v) is 9.45. The molecule has 1 aromatic heterocycles. The monoisotopic (exact) mass is 482 g/mol. The molecular weight excluding hydrogens is 456 g/mol. The number of imidazole rings is 1. The van der Waals surface area contributed by atoms with Crippen LogP contribution in [0.3, 0.4) is 0 Å². The van der Waals surface area contributed by atoms with Crippen LogP contribution in [0, 0.1) is 0 Å². The molecule has 8 heteroatoms. The van der Waals surface area contributed by atoms with Crippen LogP contribution in [0.5, 0.6) is 0 Å². The molecule has 5 rings (SSSR count). The number of nitrogens with zero attached hydrogens (tertiary/aromatic N) is 3. The van der Waals surface area contributed by atoms with Crippen molar-refractivity contribution in [3.63, 3.8) is 0 Å². The van der Waals surface area contributed by atoms with E-state index >= 15 is 0 Å². The molecule has 3 heterocycles. The number of rotatable bonds is 4. The van der Waals surface area contributed by atoms with Gasteiger partial charge in [0.1, 0.15) is 38.0 Å². The van der Waals surface area contributed by atoms with E-state index < -0.39 is 0 Å². The number of benzene rings is 2. The third kappa shape index (κ3) is 4.28. The minimum Gasteiger partial charge on any atom is -0.340 e. The summed E-state index contributed by atoms with van der Waals surface area (Å²) in [7, 11) is 2.21. The number of hydrogen-bond acceptors (Lipinski definition) is 3. The lowest BCUT2D eigenvalue weighted by Gasteiger charge is -2.28. The highest BCUT2D eigenvalue weighted by atomic mass is 79.9. The molecule has 1 amide bonds. The van der Waals surface area contributed by atoms with Crippen LogP contribution in [0.2, 0.25) is 0 Å². The number of H-pyrrole nitrogens is 1. The minimum atomic E-state index is -0.212. The maximum Gasteiger partial charge on any atom is 0.298 e. The van der Waals surface area contributed by atoms with Gasteiger partial charge in [0.15, 0.2) is 6.54 Å². The van der Waals surface area contributed by atoms with E-state index in [1.165, 1.54) is 9.80 Å². The Hall–Kier alpha value is -2.55. The van der Waals surface area contributed by atoms with Crippen LogP contribution >= 0.6 is 15.9 Å². The lowest BCUT2D eigenvalue weighted by molar-refractivity contribution is -1.000. The van der Waals surface area contributed by atoms with Crippen molar-refractivity contribution in [3.05, 3.63) is 64.4 Å². The summed E-state index contributed by atoms with van der Waals surface area (Å²) in [5.74, 6) is 0.857. The average molecular weight is 483 g/mol. The smallest absolute Gasteiger partial charge is 0.298 e. The van der Waals surface area contributed by atoms with Crippen molar-refractivity contribution >= 4 is 38.6 Å². The third-order valence-corrected chi connectivity index (χ3v) is 6.81. The van der Waals surface area contributed by atoms with E-state index in [-0.39, 0.29) is 11.9 Å². The number of carbonyl (C=O) groups is 1. The van der Waals surface area contributed by atoms with E-state index in [4.69, 9.17) is 10.1 Å². The lowest BCUT2D eigenvalue weighted by atomic mass is 10.0. The Bertz CT molecular complexity index is 1080. The number of para-hydroxylation sites is 2. The SMILES string of the molecule is C[NH+]1CC[NH+](CC(=O)N2N=C(c3ccc(Br)cc3)C[C@@H]2c2nc3ccccc3[nH]2)CC1. The summed E-state index contributed by atoms with van der Waals surface area (Å²) in [5.41, 5.74) is 3.85. The first-order chi connectivity index (χ1) is 15.1. The zero-order valence-corrected chi connectivity index (χ0v) is 19.2. The Morgan fingerprint density at radius 1 is 1.13 bits per heavy atom. The van der Waals surface area contributed by atoms with Gasteiger partial charge in [0.2, 0.25) is 0 Å². The topological polar surface area (TPSA) is 70.2 Å². The first-order valence-electron chi connectivity index (χ1n) is 10.8. The van der Waals surface area contributed by atoms with Gasteiger partial charge in [-0.05, 0) is 29.8 Å². The average Bonchev–Trinajstić information content (AvgIpc) is 3.40. The van der Waals surface area contributed by atoms with Crippen LogP contribution in [0.1, 0.15) is 23.9 Å². The van der Waals surface area contributed by atoms with Crippen LogP contribution in [-0.4, -0.2) is 66.4 Å². The maximum atomic E-state index is 13.4. The van der Waals surface area contributed by atoms with E-state index in [1.807, 2.05) is 48.5 Å². The standard InChI is InChI=1S/C23H25BrN6O/c1-28-10-12-29(13-11-28)15-22(31)30-21(23-25-18-4-2-3-5-19(18)26-23)14-20(27-30)16-6-8-17(24)9-7-16/h2-9,21H,10-15H2,1H3,(H,25,26)/p+2/t21-/m1/s1. The largest absolute Gasteiger partial charge is 0.340 e. The summed E-state index contributed by atoms with van der Waals surface area (Å²) in [6, 6.07) is 15.9. The van der Waals surface area contributed by atoms with Gasteiger partial charge >= 0.3 is 0 Å². The highest BCUT2D eigenvalue weighted by Crippen LogP contribution is 2.32. The fourth-order valence-corrected chi connectivity index (χ4v) is 4.67. The molecule has 3 aromatic rings. The minimum absolute atomic E-state index is 0.0621. The third-order valence-electron chi connectivity index (χ3n) is 6.28. The van der Waals surface area contributed by atoms with Crippen molar-refractivity contribution in [2.24, 2.45) is 5.10 Å². The molecule has 0 radical (unpaired) electrons. The number of aromatic amines is 1. The van der Waals surface area contributed by atoms with Crippen LogP contribution in [0.4, 0.5) is 0 Å². The Morgan fingerprint density at radius 3 is 2.61 bits per heavy atom. The number of halogens is 1. The maximum absolute atomic E-state index is 13.4. The molecule has 0 aliphatic carbocycles. The van der Waals surface area contributed by atoms with Crippen molar-refractivity contribution in [3.8, 4) is 0 Å². The number of aromatic nitrogens is 2. The quantitative estimate of drug-likeness (QED) is 0.504. The summed E-state index contributed by atoms with van der Waals surface area (Å²) < 4.78 is 1.03. The molecule has 7 nitrogen and oxygen atoms in total. The second kappa shape index (κ2) is 8.53. The molecule has 1 fully saturated rings. The molecule has 0 saturated carbocycles. The van der Waals surface area contributed by atoms with Gasteiger partial charge < -0.3 is 14.8 Å². The Labute approximate surface area is 189 Å². The Balaban J connectivity index is 1.43. The van der Waals surface area contributed by atoms with Gasteiger partial charge in [-0.2, -0.15) is 5.10 Å². The normalized spacial score (nSPS) is 23.9. The van der Waals surface area contributed by atoms with Crippen LogP contribution in [0.15, 0.2) is 58.1 Å². The molecule has 2 aliphatic heterocycles. The van der Waals surface area contributed by atoms with Gasteiger partial charge in [0, 0.05) is 10.9 Å². The summed E-state index contributed by atoms with van der Waals surface area (Å²) in [4.78, 5) is 24.4. The number of amides is 1. The zero-order chi connectivity index (χ0) is 21.4. The molecule has 2 aliphatic rings. The molecule has 31 heavy (non-hydrogen) atoms. The molecule has 0 spiro atoms. The number of likely N-dealkylation sites (N-methyl/N-ethyl adjacent to an activating group) is 1. The first kappa shape index (κ1) is 20.4. The fraction of sp³-hybridized carbons (Fsp3) is 0.348. The number of carbonyl (C=O) groups excluding carboxylic acids is 1. The van der Waals surface area contributed by atoms with Gasteiger partial charge in [-0.1, -0.05) is 40.2 Å². The van der Waals surface area contributed by atoms with Gasteiger partial charge in [0.25, 0.3) is 5.91 Å². The first-order valence-corrected chi connectivity index (χ1v) is 11.6. The van der Waals surface area contributed by atoms with E-state index in [9.17, 15) is 4.79 Å². The van der Waals surface area contributed by atoms with Crippen molar-refractivity contribution in [1.82, 2.24) is 15.0 Å². The fourth-order valence-electron chi connectivity index (χ4n) is 4.40. The molecular formula is C23H27BrN6O+2. The molecule has 2 aromatic carbocycles. The lowest BCUT2D eigenvalue weighted by Crippen LogP contribution is -3.27. The summed E-state index contributed by atoms with van der Waals surface area (Å²) in [6.45, 7) is 4.71. The number of hydrogen-bond donors (Lipinski definition) is 3. The summed E-state index contributed by atoms with van der Waals surface area (Å²) in [5, 5.41) is 6.48. The number of quaternary nitrogens is 2. The van der Waals surface area contributed by atoms with Gasteiger partial charge in [-0.15, -0.1) is 0 Å². The van der Waals surface area contributed by atoms with Gasteiger partial charge in [-0.25, -0.2) is 9.99 Å². The van der Waals surface area contributed by atoms with Crippen molar-refractivity contribution in [2.45, 2.75) is 12.5 Å². The van der Waals surface area contributed by atoms with Crippen molar-refractivity contribution in [1.29, 1.82) is 0 Å². The highest BCUT2D eigenvalue weighted by Gasteiger charge is 2.37. The van der Waals surface area contributed by atoms with E-state index in [1.54, 1.807) is 5.01 Å². The van der Waals surface area contributed by atoms with Crippen LogP contribution < -0.4 is 9.80 Å².